The van der Waals surface area contributed by atoms with Crippen LogP contribution in [0.4, 0.5) is 0 Å². The zero-order chi connectivity index (χ0) is 11.7. The van der Waals surface area contributed by atoms with Crippen molar-refractivity contribution < 1.29 is 0 Å². The summed E-state index contributed by atoms with van der Waals surface area (Å²) in [5.41, 5.74) is 4.30. The first-order valence-electron chi connectivity index (χ1n) is 5.14. The van der Waals surface area contributed by atoms with Crippen LogP contribution in [0.1, 0.15) is 16.7 Å². The van der Waals surface area contributed by atoms with E-state index in [2.05, 4.69) is 35.1 Å². The van der Waals surface area contributed by atoms with Crippen molar-refractivity contribution in [3.05, 3.63) is 46.2 Å². The molecule has 0 fully saturated rings. The van der Waals surface area contributed by atoms with Gasteiger partial charge in [-0.1, -0.05) is 29.3 Å². The summed E-state index contributed by atoms with van der Waals surface area (Å²) in [7, 11) is 0. The van der Waals surface area contributed by atoms with Crippen molar-refractivity contribution in [2.75, 3.05) is 0 Å². The van der Waals surface area contributed by atoms with Gasteiger partial charge in [-0.2, -0.15) is 0 Å². The average Bonchev–Trinajstić information content (AvgIpc) is 2.26. The first kappa shape index (κ1) is 11.1. The number of aryl methyl sites for hydroxylation is 3. The maximum atomic E-state index is 6.00. The first-order chi connectivity index (χ1) is 7.58. The highest BCUT2D eigenvalue weighted by molar-refractivity contribution is 6.30. The quantitative estimate of drug-likeness (QED) is 0.701. The van der Waals surface area contributed by atoms with Crippen LogP contribution >= 0.6 is 11.6 Å². The van der Waals surface area contributed by atoms with E-state index < -0.39 is 0 Å². The van der Waals surface area contributed by atoms with Gasteiger partial charge < -0.3 is 0 Å². The fourth-order valence-corrected chi connectivity index (χ4v) is 1.66. The van der Waals surface area contributed by atoms with Gasteiger partial charge >= 0.3 is 0 Å². The highest BCUT2D eigenvalue weighted by Crippen LogP contribution is 2.23. The molecule has 0 aliphatic rings. The average molecular weight is 233 g/mol. The first-order valence-corrected chi connectivity index (χ1v) is 5.52. The van der Waals surface area contributed by atoms with Gasteiger partial charge in [-0.05, 0) is 32.4 Å². The molecule has 1 heterocycles. The standard InChI is InChI=1S/C13H13ClN2/c1-8-4-5-9(2)11(6-8)13-15-7-10(3)12(14)16-13/h4-7H,1-3H3. The normalized spacial score (nSPS) is 10.5. The molecule has 2 aromatic rings. The Bertz CT molecular complexity index is 535. The Morgan fingerprint density at radius 3 is 2.50 bits per heavy atom. The summed E-state index contributed by atoms with van der Waals surface area (Å²) in [5.74, 6) is 0.691. The van der Waals surface area contributed by atoms with Crippen LogP contribution in [0.25, 0.3) is 11.4 Å². The van der Waals surface area contributed by atoms with Crippen molar-refractivity contribution in [2.45, 2.75) is 20.8 Å². The van der Waals surface area contributed by atoms with Crippen LogP contribution in [0.5, 0.6) is 0 Å². The van der Waals surface area contributed by atoms with Gasteiger partial charge in [0.05, 0.1) is 0 Å². The SMILES string of the molecule is Cc1ccc(C)c(-c2ncc(C)c(Cl)n2)c1. The third kappa shape index (κ3) is 2.07. The summed E-state index contributed by atoms with van der Waals surface area (Å²) < 4.78 is 0. The maximum Gasteiger partial charge on any atom is 0.161 e. The molecule has 0 saturated carbocycles. The van der Waals surface area contributed by atoms with Crippen LogP contribution in [0.2, 0.25) is 5.15 Å². The zero-order valence-electron chi connectivity index (χ0n) is 9.58. The van der Waals surface area contributed by atoms with Crippen molar-refractivity contribution in [1.29, 1.82) is 0 Å². The molecule has 0 unspecified atom stereocenters. The largest absolute Gasteiger partial charge is 0.236 e. The summed E-state index contributed by atoms with van der Waals surface area (Å²) in [6.07, 6.45) is 1.76. The van der Waals surface area contributed by atoms with Crippen LogP contribution < -0.4 is 0 Å². The molecule has 0 N–H and O–H groups in total. The van der Waals surface area contributed by atoms with Gasteiger partial charge in [0.15, 0.2) is 5.82 Å². The number of halogens is 1. The van der Waals surface area contributed by atoms with Crippen LogP contribution in [0.3, 0.4) is 0 Å². The lowest BCUT2D eigenvalue weighted by Gasteiger charge is -2.06. The highest BCUT2D eigenvalue weighted by Gasteiger charge is 2.07. The van der Waals surface area contributed by atoms with E-state index in [1.165, 1.54) is 5.56 Å². The number of benzene rings is 1. The molecular weight excluding hydrogens is 220 g/mol. The topological polar surface area (TPSA) is 25.8 Å². The van der Waals surface area contributed by atoms with E-state index in [0.717, 1.165) is 16.7 Å². The molecule has 16 heavy (non-hydrogen) atoms. The van der Waals surface area contributed by atoms with Crippen molar-refractivity contribution in [1.82, 2.24) is 9.97 Å². The molecular formula is C13H13ClN2. The van der Waals surface area contributed by atoms with Gasteiger partial charge in [0, 0.05) is 17.3 Å². The number of aromatic nitrogens is 2. The predicted molar refractivity (Wildman–Crippen MR) is 66.7 cm³/mol. The second-order valence-electron chi connectivity index (χ2n) is 3.99. The monoisotopic (exact) mass is 232 g/mol. The smallest absolute Gasteiger partial charge is 0.161 e. The lowest BCUT2D eigenvalue weighted by molar-refractivity contribution is 1.13. The van der Waals surface area contributed by atoms with Gasteiger partial charge in [0.25, 0.3) is 0 Å². The summed E-state index contributed by atoms with van der Waals surface area (Å²) in [6, 6.07) is 6.23. The molecule has 2 nitrogen and oxygen atoms in total. The highest BCUT2D eigenvalue weighted by atomic mass is 35.5. The van der Waals surface area contributed by atoms with E-state index in [0.29, 0.717) is 11.0 Å². The van der Waals surface area contributed by atoms with Gasteiger partial charge in [-0.3, -0.25) is 0 Å². The third-order valence-electron chi connectivity index (χ3n) is 2.54. The van der Waals surface area contributed by atoms with Gasteiger partial charge in [-0.15, -0.1) is 0 Å². The van der Waals surface area contributed by atoms with Crippen molar-refractivity contribution in [2.24, 2.45) is 0 Å². The Kier molecular flexibility index (Phi) is 2.92. The van der Waals surface area contributed by atoms with Crippen LogP contribution in [-0.2, 0) is 0 Å². The van der Waals surface area contributed by atoms with Crippen LogP contribution in [-0.4, -0.2) is 9.97 Å². The van der Waals surface area contributed by atoms with E-state index in [1.54, 1.807) is 6.20 Å². The van der Waals surface area contributed by atoms with Crippen molar-refractivity contribution in [3.63, 3.8) is 0 Å². The third-order valence-corrected chi connectivity index (χ3v) is 2.93. The van der Waals surface area contributed by atoms with Crippen molar-refractivity contribution in [3.8, 4) is 11.4 Å². The lowest BCUT2D eigenvalue weighted by Crippen LogP contribution is -1.94. The van der Waals surface area contributed by atoms with Gasteiger partial charge in [0.1, 0.15) is 5.15 Å². The fourth-order valence-electron chi connectivity index (χ4n) is 1.53. The Balaban J connectivity index is 2.58. The van der Waals surface area contributed by atoms with E-state index in [1.807, 2.05) is 13.8 Å². The summed E-state index contributed by atoms with van der Waals surface area (Å²) >= 11 is 6.00. The van der Waals surface area contributed by atoms with Gasteiger partial charge in [-0.25, -0.2) is 9.97 Å². The lowest BCUT2D eigenvalue weighted by atomic mass is 10.1. The minimum Gasteiger partial charge on any atom is -0.236 e. The minimum atomic E-state index is 0.519. The molecule has 2 rings (SSSR count). The summed E-state index contributed by atoms with van der Waals surface area (Å²) in [4.78, 5) is 8.61. The minimum absolute atomic E-state index is 0.519. The van der Waals surface area contributed by atoms with Gasteiger partial charge in [0.2, 0.25) is 0 Å². The fraction of sp³-hybridized carbons (Fsp3) is 0.231. The van der Waals surface area contributed by atoms with E-state index in [9.17, 15) is 0 Å². The van der Waals surface area contributed by atoms with E-state index in [4.69, 9.17) is 11.6 Å². The molecule has 0 spiro atoms. The molecule has 0 bridgehead atoms. The van der Waals surface area contributed by atoms with Crippen molar-refractivity contribution >= 4 is 11.6 Å². The second kappa shape index (κ2) is 4.22. The van der Waals surface area contributed by atoms with Crippen LogP contribution in [0, 0.1) is 20.8 Å². The number of hydrogen-bond donors (Lipinski definition) is 0. The number of hydrogen-bond acceptors (Lipinski definition) is 2. The molecule has 0 atom stereocenters. The predicted octanol–water partition coefficient (Wildman–Crippen LogP) is 3.72. The molecule has 0 aliphatic heterocycles. The number of nitrogens with zero attached hydrogens (tertiary/aromatic N) is 2. The number of rotatable bonds is 1. The molecule has 82 valence electrons. The van der Waals surface area contributed by atoms with E-state index in [-0.39, 0.29) is 0 Å². The van der Waals surface area contributed by atoms with Crippen LogP contribution in [0.15, 0.2) is 24.4 Å². The Hall–Kier alpha value is -1.41. The molecule has 1 aromatic carbocycles. The Labute approximate surface area is 100 Å². The maximum absolute atomic E-state index is 6.00. The molecule has 3 heteroatoms. The summed E-state index contributed by atoms with van der Waals surface area (Å²) in [6.45, 7) is 6.00. The Morgan fingerprint density at radius 2 is 1.81 bits per heavy atom. The molecule has 0 aliphatic carbocycles. The van der Waals surface area contributed by atoms with E-state index >= 15 is 0 Å². The molecule has 0 amide bonds. The molecule has 0 saturated heterocycles. The zero-order valence-corrected chi connectivity index (χ0v) is 10.3. The molecule has 0 radical (unpaired) electrons. The Morgan fingerprint density at radius 1 is 1.06 bits per heavy atom. The molecule has 1 aromatic heterocycles. The second-order valence-corrected chi connectivity index (χ2v) is 4.34. The summed E-state index contributed by atoms with van der Waals surface area (Å²) in [5, 5.41) is 0.519.